The average molecular weight is 316 g/mol. The summed E-state index contributed by atoms with van der Waals surface area (Å²) in [5, 5.41) is 0.680. The first-order valence-electron chi connectivity index (χ1n) is 7.32. The van der Waals surface area contributed by atoms with Crippen molar-refractivity contribution < 1.29 is 9.53 Å². The van der Waals surface area contributed by atoms with E-state index < -0.39 is 0 Å². The molecule has 0 radical (unpaired) electrons. The van der Waals surface area contributed by atoms with Crippen molar-refractivity contribution >= 4 is 18.0 Å². The molecule has 3 rings (SSSR count). The summed E-state index contributed by atoms with van der Waals surface area (Å²) in [5.74, 6) is 2.03. The largest absolute Gasteiger partial charge is 0.457 e. The highest BCUT2D eigenvalue weighted by Gasteiger charge is 2.30. The Kier molecular flexibility index (Phi) is 4.08. The SMILES string of the molecule is C[C@@H]1c2ccccc2Oc2ccc(Cl)cc2[C@H]1CN(C)C=O. The zero-order valence-electron chi connectivity index (χ0n) is 12.6. The van der Waals surface area contributed by atoms with Crippen molar-refractivity contribution in [3.63, 3.8) is 0 Å². The van der Waals surface area contributed by atoms with Crippen LogP contribution in [0.1, 0.15) is 29.9 Å². The number of likely N-dealkylation sites (N-methyl/N-ethyl adjacent to an activating group) is 1. The lowest BCUT2D eigenvalue weighted by atomic mass is 9.82. The summed E-state index contributed by atoms with van der Waals surface area (Å²) in [6.07, 6.45) is 0.856. The van der Waals surface area contributed by atoms with Crippen molar-refractivity contribution in [2.45, 2.75) is 18.8 Å². The van der Waals surface area contributed by atoms with Gasteiger partial charge in [0.25, 0.3) is 0 Å². The van der Waals surface area contributed by atoms with Crippen molar-refractivity contribution in [2.24, 2.45) is 0 Å². The van der Waals surface area contributed by atoms with Crippen LogP contribution in [-0.4, -0.2) is 24.9 Å². The molecule has 1 aliphatic rings. The maximum atomic E-state index is 11.1. The first kappa shape index (κ1) is 14.9. The van der Waals surface area contributed by atoms with Gasteiger partial charge >= 0.3 is 0 Å². The second-order valence-corrected chi connectivity index (χ2v) is 6.20. The summed E-state index contributed by atoms with van der Waals surface area (Å²) in [5.41, 5.74) is 2.20. The molecule has 0 fully saturated rings. The average Bonchev–Trinajstić information content (AvgIpc) is 2.64. The minimum Gasteiger partial charge on any atom is -0.457 e. The first-order valence-corrected chi connectivity index (χ1v) is 7.69. The molecule has 1 amide bonds. The van der Waals surface area contributed by atoms with Crippen LogP contribution in [0, 0.1) is 0 Å². The third kappa shape index (κ3) is 2.69. The van der Waals surface area contributed by atoms with E-state index in [1.54, 1.807) is 11.9 Å². The number of nitrogens with zero attached hydrogens (tertiary/aromatic N) is 1. The number of carbonyl (C=O) groups excluding carboxylic acids is 1. The third-order valence-electron chi connectivity index (χ3n) is 4.27. The normalized spacial score (nSPS) is 19.4. The number of hydrogen-bond acceptors (Lipinski definition) is 2. The number of amides is 1. The smallest absolute Gasteiger partial charge is 0.209 e. The number of halogens is 1. The topological polar surface area (TPSA) is 29.5 Å². The summed E-state index contributed by atoms with van der Waals surface area (Å²) >= 11 is 6.19. The van der Waals surface area contributed by atoms with E-state index in [9.17, 15) is 4.79 Å². The van der Waals surface area contributed by atoms with Crippen LogP contribution in [-0.2, 0) is 4.79 Å². The van der Waals surface area contributed by atoms with E-state index >= 15 is 0 Å². The van der Waals surface area contributed by atoms with E-state index in [0.717, 1.165) is 29.0 Å². The minimum absolute atomic E-state index is 0.132. The summed E-state index contributed by atoms with van der Waals surface area (Å²) < 4.78 is 6.11. The van der Waals surface area contributed by atoms with Gasteiger partial charge in [-0.1, -0.05) is 36.7 Å². The van der Waals surface area contributed by atoms with Gasteiger partial charge in [0.15, 0.2) is 0 Å². The monoisotopic (exact) mass is 315 g/mol. The minimum atomic E-state index is 0.132. The van der Waals surface area contributed by atoms with Gasteiger partial charge in [-0.15, -0.1) is 0 Å². The van der Waals surface area contributed by atoms with Crippen LogP contribution in [0.5, 0.6) is 11.5 Å². The quantitative estimate of drug-likeness (QED) is 0.785. The van der Waals surface area contributed by atoms with Crippen LogP contribution in [0.4, 0.5) is 0 Å². The number of ether oxygens (including phenoxy) is 1. The molecule has 0 bridgehead atoms. The summed E-state index contributed by atoms with van der Waals surface area (Å²) in [4.78, 5) is 12.7. The number of para-hydroxylation sites is 1. The van der Waals surface area contributed by atoms with Gasteiger partial charge in [0.2, 0.25) is 6.41 Å². The zero-order chi connectivity index (χ0) is 15.7. The van der Waals surface area contributed by atoms with Gasteiger partial charge in [-0.05, 0) is 35.7 Å². The Morgan fingerprint density at radius 2 is 1.91 bits per heavy atom. The molecule has 114 valence electrons. The van der Waals surface area contributed by atoms with Crippen LogP contribution in [0.3, 0.4) is 0 Å². The van der Waals surface area contributed by atoms with Gasteiger partial charge in [0.05, 0.1) is 0 Å². The summed E-state index contributed by atoms with van der Waals surface area (Å²) in [6, 6.07) is 13.7. The van der Waals surface area contributed by atoms with Crippen LogP contribution < -0.4 is 4.74 Å². The van der Waals surface area contributed by atoms with E-state index in [4.69, 9.17) is 16.3 Å². The van der Waals surface area contributed by atoms with Gasteiger partial charge in [-0.3, -0.25) is 4.79 Å². The Labute approximate surface area is 135 Å². The number of rotatable bonds is 3. The molecule has 0 spiro atoms. The molecular weight excluding hydrogens is 298 g/mol. The van der Waals surface area contributed by atoms with Crippen molar-refractivity contribution in [3.05, 3.63) is 58.6 Å². The fourth-order valence-corrected chi connectivity index (χ4v) is 3.25. The van der Waals surface area contributed by atoms with Crippen LogP contribution >= 0.6 is 11.6 Å². The fourth-order valence-electron chi connectivity index (χ4n) is 3.07. The lowest BCUT2D eigenvalue weighted by molar-refractivity contribution is -0.117. The molecule has 0 aromatic heterocycles. The van der Waals surface area contributed by atoms with Gasteiger partial charge in [0, 0.05) is 30.1 Å². The van der Waals surface area contributed by atoms with Gasteiger partial charge in [0.1, 0.15) is 11.5 Å². The van der Waals surface area contributed by atoms with Crippen LogP contribution in [0.25, 0.3) is 0 Å². The molecule has 0 saturated heterocycles. The Hall–Kier alpha value is -2.00. The molecule has 2 aromatic rings. The highest BCUT2D eigenvalue weighted by molar-refractivity contribution is 6.30. The lowest BCUT2D eigenvalue weighted by Crippen LogP contribution is -2.25. The molecule has 3 nitrogen and oxygen atoms in total. The Balaban J connectivity index is 2.14. The first-order chi connectivity index (χ1) is 10.6. The maximum absolute atomic E-state index is 11.1. The number of hydrogen-bond donors (Lipinski definition) is 0. The van der Waals surface area contributed by atoms with Crippen molar-refractivity contribution in [2.75, 3.05) is 13.6 Å². The van der Waals surface area contributed by atoms with Crippen molar-refractivity contribution in [1.82, 2.24) is 4.90 Å². The molecule has 0 unspecified atom stereocenters. The summed E-state index contributed by atoms with van der Waals surface area (Å²) in [6.45, 7) is 2.79. The van der Waals surface area contributed by atoms with E-state index in [-0.39, 0.29) is 11.8 Å². The van der Waals surface area contributed by atoms with Crippen LogP contribution in [0.2, 0.25) is 5.02 Å². The van der Waals surface area contributed by atoms with E-state index in [0.29, 0.717) is 11.6 Å². The highest BCUT2D eigenvalue weighted by atomic mass is 35.5. The van der Waals surface area contributed by atoms with Crippen LogP contribution in [0.15, 0.2) is 42.5 Å². The van der Waals surface area contributed by atoms with Gasteiger partial charge < -0.3 is 9.64 Å². The van der Waals surface area contributed by atoms with Crippen molar-refractivity contribution in [3.8, 4) is 11.5 Å². The second kappa shape index (κ2) is 6.01. The van der Waals surface area contributed by atoms with Crippen molar-refractivity contribution in [1.29, 1.82) is 0 Å². The maximum Gasteiger partial charge on any atom is 0.209 e. The van der Waals surface area contributed by atoms with Gasteiger partial charge in [-0.2, -0.15) is 0 Å². The standard InChI is InChI=1S/C18H18ClNO2/c1-12-14-5-3-4-6-17(14)22-18-8-7-13(19)9-15(18)16(12)10-20(2)11-21/h3-9,11-12,16H,10H2,1-2H3/t12-,16+/m1/s1. The molecular formula is C18H18ClNO2. The van der Waals surface area contributed by atoms with E-state index in [1.807, 2.05) is 36.4 Å². The van der Waals surface area contributed by atoms with Gasteiger partial charge in [-0.25, -0.2) is 0 Å². The highest BCUT2D eigenvalue weighted by Crippen LogP contribution is 2.46. The Bertz CT molecular complexity index is 701. The molecule has 2 aromatic carbocycles. The number of fused-ring (bicyclic) bond motifs is 2. The molecule has 2 atom stereocenters. The second-order valence-electron chi connectivity index (χ2n) is 5.76. The predicted octanol–water partition coefficient (Wildman–Crippen LogP) is 4.42. The number of benzene rings is 2. The zero-order valence-corrected chi connectivity index (χ0v) is 13.4. The fraction of sp³-hybridized carbons (Fsp3) is 0.278. The molecule has 4 heteroatoms. The van der Waals surface area contributed by atoms with E-state index in [1.165, 1.54) is 0 Å². The lowest BCUT2D eigenvalue weighted by Gasteiger charge is -2.26. The third-order valence-corrected chi connectivity index (χ3v) is 4.50. The molecule has 22 heavy (non-hydrogen) atoms. The van der Waals surface area contributed by atoms with E-state index in [2.05, 4.69) is 13.0 Å². The Morgan fingerprint density at radius 1 is 1.18 bits per heavy atom. The predicted molar refractivity (Wildman–Crippen MR) is 87.8 cm³/mol. The number of carbonyl (C=O) groups is 1. The molecule has 1 aliphatic heterocycles. The molecule has 0 N–H and O–H groups in total. The summed E-state index contributed by atoms with van der Waals surface area (Å²) in [7, 11) is 1.79. The molecule has 0 saturated carbocycles. The molecule has 0 aliphatic carbocycles. The Morgan fingerprint density at radius 3 is 2.68 bits per heavy atom. The molecule has 1 heterocycles.